The van der Waals surface area contributed by atoms with Gasteiger partial charge >= 0.3 is 0 Å². The molecule has 0 aromatic rings. The Labute approximate surface area is 104 Å². The van der Waals surface area contributed by atoms with Crippen molar-refractivity contribution in [3.63, 3.8) is 0 Å². The van der Waals surface area contributed by atoms with E-state index in [1.165, 1.54) is 50.3 Å². The van der Waals surface area contributed by atoms with E-state index in [4.69, 9.17) is 5.73 Å². The van der Waals surface area contributed by atoms with Gasteiger partial charge in [-0.1, -0.05) is 26.7 Å². The quantitative estimate of drug-likeness (QED) is 0.806. The monoisotopic (exact) mass is 242 g/mol. The summed E-state index contributed by atoms with van der Waals surface area (Å²) >= 11 is 2.09. The Kier molecular flexibility index (Phi) is 3.87. The molecule has 2 aliphatic rings. The van der Waals surface area contributed by atoms with Gasteiger partial charge in [-0.05, 0) is 18.3 Å². The zero-order valence-electron chi connectivity index (χ0n) is 10.8. The highest BCUT2D eigenvalue weighted by Gasteiger charge is 2.49. The van der Waals surface area contributed by atoms with Crippen LogP contribution >= 0.6 is 11.8 Å². The van der Waals surface area contributed by atoms with Crippen LogP contribution in [-0.4, -0.2) is 41.6 Å². The van der Waals surface area contributed by atoms with E-state index in [2.05, 4.69) is 30.5 Å². The van der Waals surface area contributed by atoms with Crippen LogP contribution in [-0.2, 0) is 0 Å². The van der Waals surface area contributed by atoms with Crippen LogP contribution in [0.5, 0.6) is 0 Å². The number of hydrogen-bond donors (Lipinski definition) is 1. The summed E-state index contributed by atoms with van der Waals surface area (Å²) < 4.78 is 0. The fraction of sp³-hybridized carbons (Fsp3) is 1.00. The molecule has 0 aromatic heterocycles. The second-order valence-electron chi connectivity index (χ2n) is 5.93. The van der Waals surface area contributed by atoms with Crippen molar-refractivity contribution in [2.75, 3.05) is 31.1 Å². The van der Waals surface area contributed by atoms with Gasteiger partial charge in [0.05, 0.1) is 0 Å². The second kappa shape index (κ2) is 4.87. The summed E-state index contributed by atoms with van der Waals surface area (Å²) in [6.07, 6.45) is 5.40. The lowest BCUT2D eigenvalue weighted by Gasteiger charge is -2.57. The minimum absolute atomic E-state index is 0.284. The smallest absolute Gasteiger partial charge is 0.0383 e. The van der Waals surface area contributed by atoms with Crippen molar-refractivity contribution >= 4 is 11.8 Å². The number of thioether (sulfide) groups is 1. The maximum absolute atomic E-state index is 6.20. The summed E-state index contributed by atoms with van der Waals surface area (Å²) in [5.41, 5.74) is 6.87. The Morgan fingerprint density at radius 3 is 2.31 bits per heavy atom. The molecule has 1 heterocycles. The predicted molar refractivity (Wildman–Crippen MR) is 72.9 cm³/mol. The van der Waals surface area contributed by atoms with Crippen molar-refractivity contribution in [3.8, 4) is 0 Å². The molecule has 1 aliphatic heterocycles. The zero-order chi connectivity index (χ0) is 11.6. The lowest BCUT2D eigenvalue weighted by atomic mass is 9.62. The molecular formula is C13H26N2S. The molecule has 1 aliphatic carbocycles. The summed E-state index contributed by atoms with van der Waals surface area (Å²) in [5, 5.41) is 0. The summed E-state index contributed by atoms with van der Waals surface area (Å²) in [6, 6.07) is 0. The molecule has 1 unspecified atom stereocenters. The predicted octanol–water partition coefficient (Wildman–Crippen LogP) is 2.33. The molecular weight excluding hydrogens is 216 g/mol. The van der Waals surface area contributed by atoms with Crippen molar-refractivity contribution in [1.82, 2.24) is 4.90 Å². The number of hydrogen-bond acceptors (Lipinski definition) is 3. The molecule has 0 amide bonds. The van der Waals surface area contributed by atoms with E-state index in [0.29, 0.717) is 5.41 Å². The maximum Gasteiger partial charge on any atom is 0.0383 e. The van der Waals surface area contributed by atoms with Crippen molar-refractivity contribution in [1.29, 1.82) is 0 Å². The minimum atomic E-state index is 0.284. The first-order valence-corrected chi connectivity index (χ1v) is 7.81. The fourth-order valence-corrected chi connectivity index (χ4v) is 4.54. The highest BCUT2D eigenvalue weighted by molar-refractivity contribution is 7.99. The minimum Gasteiger partial charge on any atom is -0.329 e. The lowest BCUT2D eigenvalue weighted by molar-refractivity contribution is -0.0385. The molecule has 0 bridgehead atoms. The summed E-state index contributed by atoms with van der Waals surface area (Å²) in [5.74, 6) is 2.58. The molecule has 0 aromatic carbocycles. The van der Waals surface area contributed by atoms with E-state index in [9.17, 15) is 0 Å². The molecule has 3 heteroatoms. The summed E-state index contributed by atoms with van der Waals surface area (Å²) in [6.45, 7) is 8.18. The first-order valence-electron chi connectivity index (χ1n) is 6.65. The van der Waals surface area contributed by atoms with Gasteiger partial charge in [-0.15, -0.1) is 0 Å². The molecule has 2 fully saturated rings. The van der Waals surface area contributed by atoms with Gasteiger partial charge in [0.25, 0.3) is 0 Å². The third-order valence-electron chi connectivity index (χ3n) is 4.86. The zero-order valence-corrected chi connectivity index (χ0v) is 11.6. The van der Waals surface area contributed by atoms with E-state index in [-0.39, 0.29) is 5.54 Å². The van der Waals surface area contributed by atoms with Crippen LogP contribution in [0.4, 0.5) is 0 Å². The van der Waals surface area contributed by atoms with Gasteiger partial charge in [-0.25, -0.2) is 0 Å². The van der Waals surface area contributed by atoms with Crippen LogP contribution in [0.2, 0.25) is 0 Å². The summed E-state index contributed by atoms with van der Waals surface area (Å²) in [7, 11) is 0. The van der Waals surface area contributed by atoms with E-state index >= 15 is 0 Å². The number of nitrogens with zero attached hydrogens (tertiary/aromatic N) is 1. The van der Waals surface area contributed by atoms with Crippen molar-refractivity contribution in [2.24, 2.45) is 11.1 Å². The van der Waals surface area contributed by atoms with Crippen LogP contribution in [0.25, 0.3) is 0 Å². The first kappa shape index (κ1) is 12.7. The SMILES string of the molecule is CC1(C)CCCCC1(CN)N1CCSCC1. The third kappa shape index (κ3) is 2.02. The standard InChI is InChI=1S/C13H26N2S/c1-12(2)5-3-4-6-13(12,11-14)15-7-9-16-10-8-15/h3-11,14H2,1-2H3. The van der Waals surface area contributed by atoms with Crippen molar-refractivity contribution in [3.05, 3.63) is 0 Å². The van der Waals surface area contributed by atoms with Gasteiger partial charge in [-0.2, -0.15) is 11.8 Å². The Hall–Kier alpha value is 0.270. The highest BCUT2D eigenvalue weighted by atomic mass is 32.2. The molecule has 94 valence electrons. The third-order valence-corrected chi connectivity index (χ3v) is 5.80. The van der Waals surface area contributed by atoms with Crippen LogP contribution in [0.3, 0.4) is 0 Å². The topological polar surface area (TPSA) is 29.3 Å². The molecule has 1 saturated carbocycles. The Balaban J connectivity index is 2.21. The second-order valence-corrected chi connectivity index (χ2v) is 7.15. The van der Waals surface area contributed by atoms with Gasteiger partial charge in [0.15, 0.2) is 0 Å². The molecule has 2 nitrogen and oxygen atoms in total. The number of rotatable bonds is 2. The highest BCUT2D eigenvalue weighted by Crippen LogP contribution is 2.47. The molecule has 2 rings (SSSR count). The molecule has 2 N–H and O–H groups in total. The van der Waals surface area contributed by atoms with Crippen LogP contribution < -0.4 is 5.73 Å². The maximum atomic E-state index is 6.20. The van der Waals surface area contributed by atoms with Gasteiger partial charge in [-0.3, -0.25) is 4.90 Å². The molecule has 1 atom stereocenters. The van der Waals surface area contributed by atoms with Crippen LogP contribution in [0, 0.1) is 5.41 Å². The number of nitrogens with two attached hydrogens (primary N) is 1. The van der Waals surface area contributed by atoms with Gasteiger partial charge in [0.2, 0.25) is 0 Å². The van der Waals surface area contributed by atoms with E-state index in [0.717, 1.165) is 6.54 Å². The fourth-order valence-electron chi connectivity index (χ4n) is 3.64. The van der Waals surface area contributed by atoms with Crippen molar-refractivity contribution in [2.45, 2.75) is 45.1 Å². The van der Waals surface area contributed by atoms with E-state index in [1.54, 1.807) is 0 Å². The lowest BCUT2D eigenvalue weighted by Crippen LogP contribution is -2.65. The van der Waals surface area contributed by atoms with Gasteiger partial charge in [0.1, 0.15) is 0 Å². The molecule has 0 spiro atoms. The van der Waals surface area contributed by atoms with E-state index in [1.807, 2.05) is 0 Å². The average Bonchev–Trinajstić information content (AvgIpc) is 2.30. The van der Waals surface area contributed by atoms with Crippen LogP contribution in [0.1, 0.15) is 39.5 Å². The average molecular weight is 242 g/mol. The molecule has 16 heavy (non-hydrogen) atoms. The normalized spacial score (nSPS) is 36.2. The largest absolute Gasteiger partial charge is 0.329 e. The Bertz CT molecular complexity index is 236. The van der Waals surface area contributed by atoms with Crippen LogP contribution in [0.15, 0.2) is 0 Å². The van der Waals surface area contributed by atoms with Gasteiger partial charge in [0, 0.05) is 36.7 Å². The first-order chi connectivity index (χ1) is 7.62. The Morgan fingerprint density at radius 1 is 1.12 bits per heavy atom. The van der Waals surface area contributed by atoms with Gasteiger partial charge < -0.3 is 5.73 Å². The van der Waals surface area contributed by atoms with E-state index < -0.39 is 0 Å². The molecule has 1 saturated heterocycles. The molecule has 0 radical (unpaired) electrons. The van der Waals surface area contributed by atoms with Crippen molar-refractivity contribution < 1.29 is 0 Å². The summed E-state index contributed by atoms with van der Waals surface area (Å²) in [4.78, 5) is 2.71. The Morgan fingerprint density at radius 2 is 1.75 bits per heavy atom.